The van der Waals surface area contributed by atoms with Gasteiger partial charge in [0.25, 0.3) is 0 Å². The third kappa shape index (κ3) is 2.99. The summed E-state index contributed by atoms with van der Waals surface area (Å²) in [7, 11) is -3.94. The van der Waals surface area contributed by atoms with Crippen LogP contribution in [0.2, 0.25) is 0 Å². The Kier molecular flexibility index (Phi) is 4.45. The van der Waals surface area contributed by atoms with Gasteiger partial charge < -0.3 is 10.2 Å². The molecule has 8 nitrogen and oxygen atoms in total. The van der Waals surface area contributed by atoms with E-state index >= 15 is 0 Å². The molecule has 0 bridgehead atoms. The van der Waals surface area contributed by atoms with Crippen LogP contribution in [0, 0.1) is 10.1 Å². The second-order valence-corrected chi connectivity index (χ2v) is 6.72. The van der Waals surface area contributed by atoms with E-state index < -0.39 is 26.4 Å². The van der Waals surface area contributed by atoms with Gasteiger partial charge in [-0.15, -0.1) is 0 Å². The Hall–Kier alpha value is -1.71. The van der Waals surface area contributed by atoms with Crippen LogP contribution >= 0.6 is 0 Å². The quantitative estimate of drug-likeness (QED) is 0.592. The smallest absolute Gasteiger partial charge is 0.312 e. The monoisotopic (exact) mass is 316 g/mol. The molecule has 1 saturated carbocycles. The molecule has 2 N–H and O–H groups in total. The van der Waals surface area contributed by atoms with Gasteiger partial charge >= 0.3 is 5.69 Å². The Morgan fingerprint density at radius 3 is 2.52 bits per heavy atom. The first kappa shape index (κ1) is 15.7. The summed E-state index contributed by atoms with van der Waals surface area (Å²) in [5, 5.41) is 29.2. The lowest BCUT2D eigenvalue weighted by Gasteiger charge is -2.36. The zero-order valence-electron chi connectivity index (χ0n) is 11.2. The Labute approximate surface area is 121 Å². The number of aliphatic hydroxyl groups is 1. The predicted molar refractivity (Wildman–Crippen MR) is 73.4 cm³/mol. The number of hydrogen-bond acceptors (Lipinski definition) is 6. The van der Waals surface area contributed by atoms with E-state index in [0.717, 1.165) is 24.6 Å². The zero-order valence-corrected chi connectivity index (χ0v) is 12.0. The maximum absolute atomic E-state index is 12.6. The molecule has 0 unspecified atom stereocenters. The van der Waals surface area contributed by atoms with Gasteiger partial charge in [-0.25, -0.2) is 8.42 Å². The van der Waals surface area contributed by atoms with Gasteiger partial charge in [0, 0.05) is 18.7 Å². The fraction of sp³-hybridized carbons (Fsp3) is 0.500. The highest BCUT2D eigenvalue weighted by molar-refractivity contribution is 7.89. The van der Waals surface area contributed by atoms with E-state index in [2.05, 4.69) is 0 Å². The molecule has 2 rings (SSSR count). The molecule has 0 amide bonds. The molecule has 0 atom stereocenters. The molecular formula is C12H16N2O6S. The number of rotatable bonds is 6. The highest BCUT2D eigenvalue weighted by Crippen LogP contribution is 2.33. The molecule has 0 spiro atoms. The summed E-state index contributed by atoms with van der Waals surface area (Å²) in [5.41, 5.74) is -0.659. The highest BCUT2D eigenvalue weighted by atomic mass is 32.2. The van der Waals surface area contributed by atoms with Gasteiger partial charge in [-0.1, -0.05) is 6.42 Å². The molecule has 1 aromatic rings. The molecular weight excluding hydrogens is 300 g/mol. The van der Waals surface area contributed by atoms with Crippen LogP contribution in [-0.4, -0.2) is 47.1 Å². The molecule has 9 heteroatoms. The average molecular weight is 316 g/mol. The van der Waals surface area contributed by atoms with Gasteiger partial charge in [0.15, 0.2) is 5.75 Å². The Bertz CT molecular complexity index is 641. The van der Waals surface area contributed by atoms with Gasteiger partial charge in [0.2, 0.25) is 10.0 Å². The SMILES string of the molecule is O=[N+]([O-])c1cc(S(=O)(=O)N(CCO)C2CCC2)ccc1O. The van der Waals surface area contributed by atoms with Crippen LogP contribution < -0.4 is 0 Å². The number of sulfonamides is 1. The van der Waals surface area contributed by atoms with Crippen molar-refractivity contribution >= 4 is 15.7 Å². The van der Waals surface area contributed by atoms with Crippen molar-refractivity contribution in [2.45, 2.75) is 30.2 Å². The van der Waals surface area contributed by atoms with E-state index in [1.807, 2.05) is 0 Å². The first-order valence-electron chi connectivity index (χ1n) is 6.48. The van der Waals surface area contributed by atoms with Crippen LogP contribution in [0.5, 0.6) is 5.75 Å². The van der Waals surface area contributed by atoms with E-state index in [1.165, 1.54) is 4.31 Å². The number of nitro groups is 1. The van der Waals surface area contributed by atoms with Gasteiger partial charge in [-0.05, 0) is 25.0 Å². The molecule has 1 aliphatic rings. The number of phenolic OH excluding ortho intramolecular Hbond substituents is 1. The van der Waals surface area contributed by atoms with Crippen LogP contribution in [0.15, 0.2) is 23.1 Å². The maximum Gasteiger partial charge on any atom is 0.312 e. The number of aromatic hydroxyl groups is 1. The van der Waals surface area contributed by atoms with E-state index in [0.29, 0.717) is 12.8 Å². The highest BCUT2D eigenvalue weighted by Gasteiger charge is 2.35. The summed E-state index contributed by atoms with van der Waals surface area (Å²) < 4.78 is 26.3. The van der Waals surface area contributed by atoms with Gasteiger partial charge in [0.05, 0.1) is 16.4 Å². The standard InChI is InChI=1S/C12H16N2O6S/c15-7-6-13(9-2-1-3-9)21(19,20)10-4-5-12(16)11(8-10)14(17)18/h4-5,8-9,15-16H,1-3,6-7H2. The minimum Gasteiger partial charge on any atom is -0.502 e. The Morgan fingerprint density at radius 2 is 2.05 bits per heavy atom. The van der Waals surface area contributed by atoms with Crippen LogP contribution in [0.4, 0.5) is 5.69 Å². The van der Waals surface area contributed by atoms with E-state index in [-0.39, 0.29) is 24.1 Å². The first-order valence-corrected chi connectivity index (χ1v) is 7.92. The Balaban J connectivity index is 2.41. The number of aliphatic hydroxyl groups excluding tert-OH is 1. The second kappa shape index (κ2) is 5.96. The fourth-order valence-electron chi connectivity index (χ4n) is 2.22. The summed E-state index contributed by atoms with van der Waals surface area (Å²) in [6, 6.07) is 2.77. The third-order valence-corrected chi connectivity index (χ3v) is 5.50. The van der Waals surface area contributed by atoms with E-state index in [4.69, 9.17) is 5.11 Å². The summed E-state index contributed by atoms with van der Waals surface area (Å²) in [5.74, 6) is -0.587. The minimum atomic E-state index is -3.94. The van der Waals surface area contributed by atoms with Crippen molar-refractivity contribution in [1.82, 2.24) is 4.31 Å². The molecule has 1 fully saturated rings. The third-order valence-electron chi connectivity index (χ3n) is 3.55. The number of phenols is 1. The summed E-state index contributed by atoms with van der Waals surface area (Å²) in [6.07, 6.45) is 2.33. The van der Waals surface area contributed by atoms with Crippen molar-refractivity contribution in [2.75, 3.05) is 13.2 Å². The number of hydrogen-bond donors (Lipinski definition) is 2. The van der Waals surface area contributed by atoms with Crippen LogP contribution in [0.3, 0.4) is 0 Å². The van der Waals surface area contributed by atoms with Crippen molar-refractivity contribution < 1.29 is 23.6 Å². The lowest BCUT2D eigenvalue weighted by molar-refractivity contribution is -0.386. The lowest BCUT2D eigenvalue weighted by Crippen LogP contribution is -2.45. The summed E-state index contributed by atoms with van der Waals surface area (Å²) in [4.78, 5) is 9.70. The van der Waals surface area contributed by atoms with E-state index in [1.54, 1.807) is 0 Å². The van der Waals surface area contributed by atoms with Gasteiger partial charge in [-0.3, -0.25) is 10.1 Å². The fourth-order valence-corrected chi connectivity index (χ4v) is 3.91. The molecule has 0 radical (unpaired) electrons. The first-order chi connectivity index (χ1) is 9.87. The second-order valence-electron chi connectivity index (χ2n) is 4.83. The summed E-state index contributed by atoms with van der Waals surface area (Å²) >= 11 is 0. The molecule has 0 aliphatic heterocycles. The molecule has 1 aliphatic carbocycles. The average Bonchev–Trinajstić information content (AvgIpc) is 2.36. The minimum absolute atomic E-state index is 0.0539. The van der Waals surface area contributed by atoms with Gasteiger partial charge in [0.1, 0.15) is 0 Å². The molecule has 0 heterocycles. The van der Waals surface area contributed by atoms with Crippen molar-refractivity contribution in [3.05, 3.63) is 28.3 Å². The van der Waals surface area contributed by atoms with Crippen molar-refractivity contribution in [2.24, 2.45) is 0 Å². The molecule has 0 aromatic heterocycles. The topological polar surface area (TPSA) is 121 Å². The molecule has 1 aromatic carbocycles. The van der Waals surface area contributed by atoms with Gasteiger partial charge in [-0.2, -0.15) is 4.31 Å². The zero-order chi connectivity index (χ0) is 15.6. The normalized spacial score (nSPS) is 15.9. The Morgan fingerprint density at radius 1 is 1.38 bits per heavy atom. The van der Waals surface area contributed by atoms with Crippen LogP contribution in [0.1, 0.15) is 19.3 Å². The number of nitro benzene ring substituents is 1. The molecule has 21 heavy (non-hydrogen) atoms. The number of benzene rings is 1. The van der Waals surface area contributed by atoms with Crippen molar-refractivity contribution in [3.8, 4) is 5.75 Å². The largest absolute Gasteiger partial charge is 0.502 e. The lowest BCUT2D eigenvalue weighted by atomic mass is 9.93. The summed E-state index contributed by atoms with van der Waals surface area (Å²) in [6.45, 7) is -0.377. The van der Waals surface area contributed by atoms with Crippen molar-refractivity contribution in [1.29, 1.82) is 0 Å². The number of nitrogens with zero attached hydrogens (tertiary/aromatic N) is 2. The molecule has 116 valence electrons. The van der Waals surface area contributed by atoms with Crippen LogP contribution in [-0.2, 0) is 10.0 Å². The van der Waals surface area contributed by atoms with E-state index in [9.17, 15) is 23.6 Å². The van der Waals surface area contributed by atoms with Crippen molar-refractivity contribution in [3.63, 3.8) is 0 Å². The van der Waals surface area contributed by atoms with Crippen LogP contribution in [0.25, 0.3) is 0 Å². The predicted octanol–water partition coefficient (Wildman–Crippen LogP) is 0.836. The molecule has 0 saturated heterocycles. The maximum atomic E-state index is 12.6.